The molecule has 4 aliphatic heterocycles. The number of amides is 3. The molecule has 1 aliphatic carbocycles. The number of aromatic amines is 1. The van der Waals surface area contributed by atoms with Gasteiger partial charge in [0, 0.05) is 109 Å². The first-order valence-corrected chi connectivity index (χ1v) is 22.3. The molecule has 1 aromatic heterocycles. The van der Waals surface area contributed by atoms with Crippen molar-refractivity contribution in [3.05, 3.63) is 105 Å². The Hall–Kier alpha value is -5.75. The van der Waals surface area contributed by atoms with Crippen LogP contribution in [0.5, 0.6) is 0 Å². The van der Waals surface area contributed by atoms with Gasteiger partial charge < -0.3 is 19.7 Å². The molecule has 11 heteroatoms. The van der Waals surface area contributed by atoms with Gasteiger partial charge in [-0.1, -0.05) is 57.2 Å². The summed E-state index contributed by atoms with van der Waals surface area (Å²) in [6, 6.07) is 15.7. The van der Waals surface area contributed by atoms with E-state index < -0.39 is 11.9 Å². The van der Waals surface area contributed by atoms with E-state index in [1.54, 1.807) is 17.0 Å². The second-order valence-electron chi connectivity index (χ2n) is 18.0. The fourth-order valence-electron chi connectivity index (χ4n) is 10.6. The lowest BCUT2D eigenvalue weighted by molar-refractivity contribution is -0.136. The fourth-order valence-corrected chi connectivity index (χ4v) is 10.6. The van der Waals surface area contributed by atoms with Gasteiger partial charge in [0.2, 0.25) is 11.8 Å². The Balaban J connectivity index is 0.733. The van der Waals surface area contributed by atoms with Crippen LogP contribution >= 0.6 is 0 Å². The van der Waals surface area contributed by atoms with Crippen molar-refractivity contribution in [2.45, 2.75) is 103 Å². The predicted molar refractivity (Wildman–Crippen MR) is 237 cm³/mol. The number of fused-ring (bicyclic) bond motifs is 5. The minimum atomic E-state index is -0.620. The van der Waals surface area contributed by atoms with E-state index >= 15 is 0 Å². The molecular weight excluding hydrogens is 763 g/mol. The second-order valence-corrected chi connectivity index (χ2v) is 18.0. The highest BCUT2D eigenvalue weighted by Crippen LogP contribution is 2.46. The van der Waals surface area contributed by atoms with E-state index in [0.717, 1.165) is 135 Å². The van der Waals surface area contributed by atoms with Gasteiger partial charge in [-0.05, 0) is 92.1 Å². The standard InChI is InChI=1S/C50H55N7O4/c1-5-32-28-38-40(50(2,3)47-45(46(38)59)37-16-15-34(51-4)29-41(37)52-47)30-43(32)56-22-19-35(20-23-56)55-26-24-54(25-27-55)21-10-8-6-7-9-12-33-13-11-14-36-39(33)31-57(49(36)61)42-17-18-44(58)53-48(42)60/h11,13-16,28-30,35,42,52H,5-8,10,17-27,31H2,1-3H3,(H,53,58,60). The van der Waals surface area contributed by atoms with Crippen molar-refractivity contribution in [2.75, 3.05) is 50.7 Å². The Labute approximate surface area is 358 Å². The number of aromatic nitrogens is 1. The third kappa shape index (κ3) is 7.53. The van der Waals surface area contributed by atoms with Gasteiger partial charge in [-0.15, -0.1) is 0 Å². The fraction of sp³-hybridized carbons (Fsp3) is 0.460. The number of unbranched alkanes of at least 4 members (excludes halogenated alkanes) is 3. The minimum absolute atomic E-state index is 0.0745. The number of anilines is 1. The lowest BCUT2D eigenvalue weighted by atomic mass is 9.70. The van der Waals surface area contributed by atoms with Gasteiger partial charge in [0.15, 0.2) is 11.5 Å². The van der Waals surface area contributed by atoms with Crippen LogP contribution in [0.3, 0.4) is 0 Å². The minimum Gasteiger partial charge on any atom is -0.371 e. The van der Waals surface area contributed by atoms with Crippen LogP contribution in [-0.2, 0) is 28.0 Å². The first-order chi connectivity index (χ1) is 29.5. The number of rotatable bonds is 9. The van der Waals surface area contributed by atoms with Crippen molar-refractivity contribution in [1.29, 1.82) is 0 Å². The molecule has 5 heterocycles. The van der Waals surface area contributed by atoms with Crippen LogP contribution in [0.4, 0.5) is 11.4 Å². The first-order valence-electron chi connectivity index (χ1n) is 22.3. The molecule has 3 amide bonds. The summed E-state index contributed by atoms with van der Waals surface area (Å²) in [4.78, 5) is 68.0. The Morgan fingerprint density at radius 1 is 0.902 bits per heavy atom. The molecule has 314 valence electrons. The maximum absolute atomic E-state index is 14.1. The van der Waals surface area contributed by atoms with Crippen molar-refractivity contribution in [2.24, 2.45) is 0 Å². The summed E-state index contributed by atoms with van der Waals surface area (Å²) in [6.45, 7) is 22.0. The maximum atomic E-state index is 14.1. The normalized spacial score (nSPS) is 20.5. The van der Waals surface area contributed by atoms with Crippen LogP contribution in [-0.4, -0.2) is 101 Å². The molecule has 1 atom stereocenters. The average molecular weight is 818 g/mol. The van der Waals surface area contributed by atoms with Gasteiger partial charge in [-0.25, -0.2) is 4.85 Å². The van der Waals surface area contributed by atoms with Crippen LogP contribution in [0, 0.1) is 18.4 Å². The van der Waals surface area contributed by atoms with Crippen LogP contribution in [0.15, 0.2) is 48.5 Å². The molecule has 3 fully saturated rings. The molecular formula is C50H55N7O4. The van der Waals surface area contributed by atoms with Gasteiger partial charge >= 0.3 is 0 Å². The van der Waals surface area contributed by atoms with E-state index in [9.17, 15) is 19.2 Å². The van der Waals surface area contributed by atoms with Gasteiger partial charge in [-0.3, -0.25) is 29.4 Å². The first kappa shape index (κ1) is 40.6. The molecule has 1 unspecified atom stereocenters. The van der Waals surface area contributed by atoms with Gasteiger partial charge in [0.25, 0.3) is 5.91 Å². The quantitative estimate of drug-likeness (QED) is 0.0802. The van der Waals surface area contributed by atoms with E-state index in [1.807, 2.05) is 24.3 Å². The second kappa shape index (κ2) is 16.6. The summed E-state index contributed by atoms with van der Waals surface area (Å²) < 4.78 is 0. The number of nitrogens with zero attached hydrogens (tertiary/aromatic N) is 5. The van der Waals surface area contributed by atoms with E-state index in [1.165, 1.54) is 11.3 Å². The number of ketones is 1. The van der Waals surface area contributed by atoms with Gasteiger partial charge in [0.1, 0.15) is 6.04 Å². The van der Waals surface area contributed by atoms with Gasteiger partial charge in [-0.2, -0.15) is 0 Å². The SMILES string of the molecule is [C-]#[N+]c1ccc2c3c([nH]c2c1)C(C)(C)c1cc(N2CCC(N4CCN(CCCCCC#Cc5cccc6c5CN(C5CCC(=O)NC5=O)C6=O)CC4)CC2)c(CC)cc1C3=O. The topological polar surface area (TPSA) is 113 Å². The smallest absolute Gasteiger partial charge is 0.255 e. The molecule has 0 bridgehead atoms. The van der Waals surface area contributed by atoms with Crippen molar-refractivity contribution in [3.63, 3.8) is 0 Å². The van der Waals surface area contributed by atoms with Crippen LogP contribution in [0.1, 0.15) is 126 Å². The highest BCUT2D eigenvalue weighted by atomic mass is 16.2. The third-order valence-electron chi connectivity index (χ3n) is 14.1. The summed E-state index contributed by atoms with van der Waals surface area (Å²) >= 11 is 0. The Bertz CT molecular complexity index is 2540. The number of hydrogen-bond donors (Lipinski definition) is 2. The molecule has 9 rings (SSSR count). The van der Waals surface area contributed by atoms with Crippen LogP contribution in [0.25, 0.3) is 15.7 Å². The molecule has 61 heavy (non-hydrogen) atoms. The zero-order valence-corrected chi connectivity index (χ0v) is 35.7. The number of carbonyl (C=O) groups is 4. The zero-order valence-electron chi connectivity index (χ0n) is 35.7. The molecule has 4 aromatic rings. The van der Waals surface area contributed by atoms with Crippen LogP contribution < -0.4 is 10.2 Å². The molecule has 11 nitrogen and oxygen atoms in total. The Kier molecular flexibility index (Phi) is 11.1. The highest BCUT2D eigenvalue weighted by Gasteiger charge is 2.42. The summed E-state index contributed by atoms with van der Waals surface area (Å²) in [7, 11) is 0. The molecule has 0 radical (unpaired) electrons. The van der Waals surface area contributed by atoms with Crippen molar-refractivity contribution < 1.29 is 19.2 Å². The molecule has 5 aliphatic rings. The molecule has 3 saturated heterocycles. The summed E-state index contributed by atoms with van der Waals surface area (Å²) in [5.74, 6) is 5.87. The van der Waals surface area contributed by atoms with Crippen LogP contribution in [0.2, 0.25) is 0 Å². The summed E-state index contributed by atoms with van der Waals surface area (Å²) in [6.07, 6.45) is 7.87. The average Bonchev–Trinajstić information content (AvgIpc) is 3.83. The van der Waals surface area contributed by atoms with Crippen molar-refractivity contribution in [1.82, 2.24) is 25.0 Å². The number of carbonyl (C=O) groups excluding carboxylic acids is 4. The lowest BCUT2D eigenvalue weighted by Gasteiger charge is -2.44. The number of piperazine rings is 1. The molecule has 0 spiro atoms. The van der Waals surface area contributed by atoms with E-state index in [2.05, 4.69) is 74.6 Å². The Morgan fingerprint density at radius 2 is 1.70 bits per heavy atom. The third-order valence-corrected chi connectivity index (χ3v) is 14.1. The predicted octanol–water partition coefficient (Wildman–Crippen LogP) is 7.11. The van der Waals surface area contributed by atoms with Crippen molar-refractivity contribution in [3.8, 4) is 11.8 Å². The number of benzene rings is 3. The van der Waals surface area contributed by atoms with Gasteiger partial charge in [0.05, 0.1) is 12.1 Å². The maximum Gasteiger partial charge on any atom is 0.255 e. The number of aryl methyl sites for hydroxylation is 1. The highest BCUT2D eigenvalue weighted by molar-refractivity contribution is 6.20. The number of H-pyrrole nitrogens is 1. The molecule has 0 saturated carbocycles. The molecule has 2 N–H and O–H groups in total. The van der Waals surface area contributed by atoms with E-state index in [-0.39, 0.29) is 29.4 Å². The number of imide groups is 1. The van der Waals surface area contributed by atoms with E-state index in [0.29, 0.717) is 30.3 Å². The summed E-state index contributed by atoms with van der Waals surface area (Å²) in [5.41, 5.74) is 9.44. The number of hydrogen-bond acceptors (Lipinski definition) is 7. The summed E-state index contributed by atoms with van der Waals surface area (Å²) in [5, 5.41) is 3.26. The van der Waals surface area contributed by atoms with E-state index in [4.69, 9.17) is 6.57 Å². The zero-order chi connectivity index (χ0) is 42.4. The van der Waals surface area contributed by atoms with Crippen molar-refractivity contribution >= 4 is 45.8 Å². The largest absolute Gasteiger partial charge is 0.371 e. The lowest BCUT2D eigenvalue weighted by Crippen LogP contribution is -2.53. The monoisotopic (exact) mass is 817 g/mol. The number of piperidine rings is 2. The Morgan fingerprint density at radius 3 is 2.46 bits per heavy atom. The number of nitrogens with one attached hydrogen (secondary N) is 2. The molecule has 3 aromatic carbocycles.